The Morgan fingerprint density at radius 3 is 1.14 bits per heavy atom. The van der Waals surface area contributed by atoms with E-state index in [0.29, 0.717) is 0 Å². The zero-order valence-corrected chi connectivity index (χ0v) is 17.7. The second-order valence-corrected chi connectivity index (χ2v) is 12.8. The van der Waals surface area contributed by atoms with E-state index in [1.807, 2.05) is 0 Å². The van der Waals surface area contributed by atoms with Crippen molar-refractivity contribution in [3.05, 3.63) is 0 Å². The molecule has 6 aliphatic carbocycles. The van der Waals surface area contributed by atoms with Gasteiger partial charge < -0.3 is 5.11 Å². The first-order valence-electron chi connectivity index (χ1n) is 6.42. The molecule has 0 unspecified atom stereocenters. The summed E-state index contributed by atoms with van der Waals surface area (Å²) in [5.41, 5.74) is -2.71. The lowest BCUT2D eigenvalue weighted by molar-refractivity contribution is -0.396. The van der Waals surface area contributed by atoms with Crippen LogP contribution in [0, 0.1) is 5.41 Å². The summed E-state index contributed by atoms with van der Waals surface area (Å²) >= 11 is 60.8. The molecule has 0 amide bonds. The summed E-state index contributed by atoms with van der Waals surface area (Å²) in [7, 11) is 0. The SMILES string of the molecule is CC(C)(O)C12C3(Cl)[C@@]4(Cl)C5(Cl)C(Cl)(Cl)C(Cl)([C@@]14Cl)[C@]2(Cl)[C@]53Cl. The molecule has 6 saturated carbocycles. The smallest absolute Gasteiger partial charge is 0.163 e. The summed E-state index contributed by atoms with van der Waals surface area (Å²) in [6.07, 6.45) is 0. The lowest BCUT2D eigenvalue weighted by Crippen LogP contribution is -3.27. The fourth-order valence-electron chi connectivity index (χ4n) is 6.99. The maximum absolute atomic E-state index is 10.8. The number of rotatable bonds is 1. The summed E-state index contributed by atoms with van der Waals surface area (Å²) in [4.78, 5) is -10.6. The summed E-state index contributed by atoms with van der Waals surface area (Å²) in [6.45, 7) is 3.08. The molecule has 1 nitrogen and oxygen atoms in total. The average Bonchev–Trinajstić information content (AvgIpc) is 2.43. The Morgan fingerprint density at radius 2 is 0.818 bits per heavy atom. The van der Waals surface area contributed by atoms with Crippen molar-refractivity contribution < 1.29 is 5.11 Å². The molecule has 6 aliphatic rings. The number of halogens is 9. The molecule has 6 fully saturated rings. The third kappa shape index (κ3) is 0.635. The minimum Gasteiger partial charge on any atom is -0.390 e. The Labute approximate surface area is 171 Å². The van der Waals surface area contributed by atoms with Gasteiger partial charge in [-0.3, -0.25) is 0 Å². The van der Waals surface area contributed by atoms with Gasteiger partial charge in [0.1, 0.15) is 34.1 Å². The van der Waals surface area contributed by atoms with E-state index in [2.05, 4.69) is 0 Å². The standard InChI is InChI=1S/C12H7Cl9O/c1-3(2,22)4-5(13)8(16)6(4,14)10(18)7(4,15)9(5,17)11(8,19)12(10,20)21/h22H,1-2H3/t4?,5?,6-,7-,8+,9+,10?,11?/m1/s1. The Balaban J connectivity index is 1.99. The van der Waals surface area contributed by atoms with Gasteiger partial charge in [0.05, 0.1) is 11.0 Å². The topological polar surface area (TPSA) is 20.2 Å². The van der Waals surface area contributed by atoms with Crippen LogP contribution >= 0.6 is 104 Å². The number of alkyl halides is 9. The van der Waals surface area contributed by atoms with E-state index in [0.717, 1.165) is 0 Å². The van der Waals surface area contributed by atoms with Gasteiger partial charge in [-0.25, -0.2) is 0 Å². The van der Waals surface area contributed by atoms with Crippen LogP contribution in [0.4, 0.5) is 0 Å². The van der Waals surface area contributed by atoms with Crippen LogP contribution in [-0.2, 0) is 0 Å². The molecule has 0 spiro atoms. The second-order valence-electron chi connectivity index (χ2n) is 7.49. The molecule has 124 valence electrons. The molecule has 2 bridgehead atoms. The molecular weight excluding hydrogens is 479 g/mol. The lowest BCUT2D eigenvalue weighted by atomic mass is 9.08. The van der Waals surface area contributed by atoms with Gasteiger partial charge in [0.2, 0.25) is 0 Å². The average molecular weight is 486 g/mol. The first kappa shape index (κ1) is 16.7. The summed E-state index contributed by atoms with van der Waals surface area (Å²) in [6, 6.07) is 0. The molecule has 4 atom stereocenters. The first-order valence-corrected chi connectivity index (χ1v) is 9.83. The predicted octanol–water partition coefficient (Wildman–Crippen LogP) is 4.83. The van der Waals surface area contributed by atoms with E-state index in [9.17, 15) is 5.11 Å². The highest BCUT2D eigenvalue weighted by Gasteiger charge is 3.37. The third-order valence-electron chi connectivity index (χ3n) is 7.13. The van der Waals surface area contributed by atoms with Gasteiger partial charge in [-0.1, -0.05) is 23.2 Å². The van der Waals surface area contributed by atoms with Crippen molar-refractivity contribution in [2.24, 2.45) is 5.41 Å². The Hall–Kier alpha value is 2.57. The minimum absolute atomic E-state index is 1.28. The largest absolute Gasteiger partial charge is 0.390 e. The van der Waals surface area contributed by atoms with Crippen molar-refractivity contribution in [1.29, 1.82) is 0 Å². The normalized spacial score (nSPS) is 78.0. The summed E-state index contributed by atoms with van der Waals surface area (Å²) in [5.74, 6) is 0. The number of aliphatic hydroxyl groups is 1. The third-order valence-corrected chi connectivity index (χ3v) is 15.4. The lowest BCUT2D eigenvalue weighted by Gasteiger charge is -3.07. The van der Waals surface area contributed by atoms with Crippen molar-refractivity contribution in [3.8, 4) is 0 Å². The van der Waals surface area contributed by atoms with E-state index in [1.165, 1.54) is 0 Å². The zero-order valence-electron chi connectivity index (χ0n) is 10.8. The first-order chi connectivity index (χ1) is 9.50. The second kappa shape index (κ2) is 3.07. The molecule has 0 aromatic rings. The summed E-state index contributed by atoms with van der Waals surface area (Å²) in [5, 5.41) is 10.8. The van der Waals surface area contributed by atoms with Crippen molar-refractivity contribution in [3.63, 3.8) is 0 Å². The summed E-state index contributed by atoms with van der Waals surface area (Å²) < 4.78 is -1.82. The Kier molecular flexibility index (Phi) is 2.33. The van der Waals surface area contributed by atoms with E-state index in [-0.39, 0.29) is 0 Å². The van der Waals surface area contributed by atoms with Crippen LogP contribution in [0.15, 0.2) is 0 Å². The van der Waals surface area contributed by atoms with Crippen LogP contribution in [0.3, 0.4) is 0 Å². The molecule has 0 aliphatic heterocycles. The number of hydrogen-bond donors (Lipinski definition) is 1. The molecule has 22 heavy (non-hydrogen) atoms. The van der Waals surface area contributed by atoms with Gasteiger partial charge in [0.15, 0.2) is 4.33 Å². The van der Waals surface area contributed by atoms with E-state index in [1.54, 1.807) is 13.8 Å². The van der Waals surface area contributed by atoms with Crippen LogP contribution in [0.1, 0.15) is 13.8 Å². The van der Waals surface area contributed by atoms with Crippen LogP contribution < -0.4 is 0 Å². The zero-order chi connectivity index (χ0) is 17.0. The molecule has 1 N–H and O–H groups in total. The van der Waals surface area contributed by atoms with Crippen LogP contribution in [0.5, 0.6) is 0 Å². The molecule has 0 radical (unpaired) electrons. The predicted molar refractivity (Wildman–Crippen MR) is 93.3 cm³/mol. The maximum atomic E-state index is 10.8. The quantitative estimate of drug-likeness (QED) is 0.527. The Morgan fingerprint density at radius 1 is 0.545 bits per heavy atom. The molecular formula is C12H7Cl9O. The van der Waals surface area contributed by atoms with Crippen LogP contribution in [0.2, 0.25) is 0 Å². The Bertz CT molecular complexity index is 682. The van der Waals surface area contributed by atoms with Gasteiger partial charge in [-0.05, 0) is 13.8 Å². The van der Waals surface area contributed by atoms with Crippen molar-refractivity contribution in [2.75, 3.05) is 0 Å². The fraction of sp³-hybridized carbons (Fsp3) is 1.00. The molecule has 0 aromatic carbocycles. The van der Waals surface area contributed by atoms with Crippen LogP contribution in [-0.4, -0.2) is 49.2 Å². The molecule has 10 heteroatoms. The fourth-order valence-corrected chi connectivity index (χ4v) is 15.6. The molecule has 6 rings (SSSR count). The molecule has 0 aromatic heterocycles. The highest BCUT2D eigenvalue weighted by Crippen LogP contribution is 3.19. The minimum atomic E-state index is -1.82. The number of hydrogen-bond acceptors (Lipinski definition) is 1. The van der Waals surface area contributed by atoms with E-state index >= 15 is 0 Å². The monoisotopic (exact) mass is 482 g/mol. The van der Waals surface area contributed by atoms with E-state index in [4.69, 9.17) is 104 Å². The van der Waals surface area contributed by atoms with Gasteiger partial charge in [-0.15, -0.1) is 81.2 Å². The van der Waals surface area contributed by atoms with Crippen molar-refractivity contribution in [2.45, 2.75) is 57.9 Å². The van der Waals surface area contributed by atoms with Gasteiger partial charge >= 0.3 is 0 Å². The maximum Gasteiger partial charge on any atom is 0.163 e. The molecule has 0 heterocycles. The van der Waals surface area contributed by atoms with Crippen LogP contribution in [0.25, 0.3) is 0 Å². The highest BCUT2D eigenvalue weighted by atomic mass is 35.5. The van der Waals surface area contributed by atoms with Crippen molar-refractivity contribution in [1.82, 2.24) is 0 Å². The van der Waals surface area contributed by atoms with E-state index < -0.39 is 49.5 Å². The van der Waals surface area contributed by atoms with Gasteiger partial charge in [0, 0.05) is 0 Å². The van der Waals surface area contributed by atoms with Gasteiger partial charge in [0.25, 0.3) is 0 Å². The van der Waals surface area contributed by atoms with Crippen molar-refractivity contribution >= 4 is 104 Å². The van der Waals surface area contributed by atoms with Gasteiger partial charge in [-0.2, -0.15) is 0 Å². The molecule has 0 saturated heterocycles. The highest BCUT2D eigenvalue weighted by molar-refractivity contribution is 6.78.